The van der Waals surface area contributed by atoms with Crippen molar-refractivity contribution in [1.29, 1.82) is 0 Å². The summed E-state index contributed by atoms with van der Waals surface area (Å²) in [5.74, 6) is 0.166. The van der Waals surface area contributed by atoms with Gasteiger partial charge < -0.3 is 16.4 Å². The molecule has 5 nitrogen and oxygen atoms in total. The predicted molar refractivity (Wildman–Crippen MR) is 106 cm³/mol. The number of hydrogen-bond acceptors (Lipinski definition) is 3. The maximum absolute atomic E-state index is 12.5. The maximum Gasteiger partial charge on any atom is 0.251 e. The van der Waals surface area contributed by atoms with Crippen molar-refractivity contribution in [3.8, 4) is 0 Å². The SMILES string of the molecule is CCC(CC)(CN)NC(=O)c1ccc(NC(=O)CC(C)C)c(C)c1.Cl. The number of nitrogens with one attached hydrogen (secondary N) is 2. The highest BCUT2D eigenvalue weighted by Gasteiger charge is 2.26. The molecule has 2 amide bonds. The minimum atomic E-state index is -0.366. The van der Waals surface area contributed by atoms with E-state index in [1.54, 1.807) is 18.2 Å². The van der Waals surface area contributed by atoms with Crippen LogP contribution in [0.4, 0.5) is 5.69 Å². The minimum absolute atomic E-state index is 0. The van der Waals surface area contributed by atoms with E-state index in [0.29, 0.717) is 24.4 Å². The summed E-state index contributed by atoms with van der Waals surface area (Å²) in [6.07, 6.45) is 2.05. The van der Waals surface area contributed by atoms with Gasteiger partial charge in [-0.1, -0.05) is 27.7 Å². The average molecular weight is 370 g/mol. The van der Waals surface area contributed by atoms with Crippen molar-refractivity contribution in [2.24, 2.45) is 11.7 Å². The number of carbonyl (C=O) groups excluding carboxylic acids is 2. The smallest absolute Gasteiger partial charge is 0.251 e. The molecule has 1 rings (SSSR count). The van der Waals surface area contributed by atoms with Gasteiger partial charge in [-0.25, -0.2) is 0 Å². The number of aryl methyl sites for hydroxylation is 1. The Bertz CT molecular complexity index is 576. The molecule has 6 heteroatoms. The zero-order valence-electron chi connectivity index (χ0n) is 15.9. The van der Waals surface area contributed by atoms with Crippen LogP contribution in [0.5, 0.6) is 0 Å². The van der Waals surface area contributed by atoms with Gasteiger partial charge in [0.2, 0.25) is 5.91 Å². The lowest BCUT2D eigenvalue weighted by Gasteiger charge is -2.31. The Morgan fingerprint density at radius 2 is 1.80 bits per heavy atom. The summed E-state index contributed by atoms with van der Waals surface area (Å²) < 4.78 is 0. The van der Waals surface area contributed by atoms with E-state index in [-0.39, 0.29) is 29.8 Å². The third-order valence-corrected chi connectivity index (χ3v) is 4.48. The van der Waals surface area contributed by atoms with Crippen LogP contribution in [0.25, 0.3) is 0 Å². The molecule has 142 valence electrons. The molecule has 0 aliphatic carbocycles. The second kappa shape index (κ2) is 10.4. The molecule has 0 aliphatic rings. The Morgan fingerprint density at radius 3 is 2.24 bits per heavy atom. The summed E-state index contributed by atoms with van der Waals surface area (Å²) in [5.41, 5.74) is 7.66. The molecule has 0 saturated heterocycles. The van der Waals surface area contributed by atoms with Crippen LogP contribution in [-0.2, 0) is 4.79 Å². The predicted octanol–water partition coefficient (Wildman–Crippen LogP) is 3.65. The highest BCUT2D eigenvalue weighted by Crippen LogP contribution is 2.19. The van der Waals surface area contributed by atoms with E-state index in [4.69, 9.17) is 5.73 Å². The van der Waals surface area contributed by atoms with E-state index in [1.807, 2.05) is 34.6 Å². The largest absolute Gasteiger partial charge is 0.345 e. The van der Waals surface area contributed by atoms with Crippen molar-refractivity contribution in [3.63, 3.8) is 0 Å². The Balaban J connectivity index is 0.00000576. The van der Waals surface area contributed by atoms with Crippen LogP contribution < -0.4 is 16.4 Å². The fourth-order valence-corrected chi connectivity index (χ4v) is 2.60. The first kappa shape index (κ1) is 23.4. The lowest BCUT2D eigenvalue weighted by atomic mass is 9.92. The number of hydrogen-bond donors (Lipinski definition) is 3. The molecule has 0 aromatic heterocycles. The number of carbonyl (C=O) groups is 2. The molecule has 1 aromatic rings. The average Bonchev–Trinajstić information content (AvgIpc) is 2.53. The van der Waals surface area contributed by atoms with Crippen LogP contribution in [0.3, 0.4) is 0 Å². The topological polar surface area (TPSA) is 84.2 Å². The number of nitrogens with two attached hydrogens (primary N) is 1. The van der Waals surface area contributed by atoms with E-state index in [2.05, 4.69) is 10.6 Å². The van der Waals surface area contributed by atoms with Gasteiger partial charge in [0.15, 0.2) is 0 Å². The molecule has 0 fully saturated rings. The van der Waals surface area contributed by atoms with Gasteiger partial charge in [0, 0.05) is 24.2 Å². The molecular formula is C19H32ClN3O2. The van der Waals surface area contributed by atoms with Crippen LogP contribution in [-0.4, -0.2) is 23.9 Å². The second-order valence-corrected chi connectivity index (χ2v) is 6.82. The van der Waals surface area contributed by atoms with Crippen LogP contribution in [0.2, 0.25) is 0 Å². The molecule has 0 bridgehead atoms. The van der Waals surface area contributed by atoms with E-state index in [1.165, 1.54) is 0 Å². The first-order chi connectivity index (χ1) is 11.3. The molecule has 0 aliphatic heterocycles. The molecular weight excluding hydrogens is 338 g/mol. The van der Waals surface area contributed by atoms with Crippen molar-refractivity contribution >= 4 is 29.9 Å². The quantitative estimate of drug-likeness (QED) is 0.653. The van der Waals surface area contributed by atoms with Gasteiger partial charge in [-0.3, -0.25) is 9.59 Å². The van der Waals surface area contributed by atoms with Crippen molar-refractivity contribution in [3.05, 3.63) is 29.3 Å². The highest BCUT2D eigenvalue weighted by atomic mass is 35.5. The van der Waals surface area contributed by atoms with Crippen molar-refractivity contribution in [1.82, 2.24) is 5.32 Å². The Morgan fingerprint density at radius 1 is 1.20 bits per heavy atom. The molecule has 0 spiro atoms. The monoisotopic (exact) mass is 369 g/mol. The summed E-state index contributed by atoms with van der Waals surface area (Å²) in [4.78, 5) is 24.4. The Kier molecular flexibility index (Phi) is 9.75. The third kappa shape index (κ3) is 6.67. The molecule has 0 radical (unpaired) electrons. The number of anilines is 1. The van der Waals surface area contributed by atoms with E-state index in [9.17, 15) is 9.59 Å². The third-order valence-electron chi connectivity index (χ3n) is 4.48. The van der Waals surface area contributed by atoms with Gasteiger partial charge in [0.1, 0.15) is 0 Å². The molecule has 4 N–H and O–H groups in total. The van der Waals surface area contributed by atoms with Gasteiger partial charge in [0.05, 0.1) is 5.54 Å². The molecule has 0 atom stereocenters. The van der Waals surface area contributed by atoms with Crippen molar-refractivity contribution < 1.29 is 9.59 Å². The van der Waals surface area contributed by atoms with Crippen molar-refractivity contribution in [2.45, 2.75) is 59.4 Å². The van der Waals surface area contributed by atoms with Gasteiger partial charge in [-0.05, 0) is 49.4 Å². The summed E-state index contributed by atoms with van der Waals surface area (Å²) in [6, 6.07) is 5.32. The molecule has 0 unspecified atom stereocenters. The first-order valence-electron chi connectivity index (χ1n) is 8.70. The van der Waals surface area contributed by atoms with E-state index < -0.39 is 0 Å². The number of rotatable bonds is 8. The summed E-state index contributed by atoms with van der Waals surface area (Å²) >= 11 is 0. The highest BCUT2D eigenvalue weighted by molar-refractivity contribution is 5.97. The normalized spacial score (nSPS) is 11.0. The minimum Gasteiger partial charge on any atom is -0.345 e. The van der Waals surface area contributed by atoms with Crippen LogP contribution in [0, 0.1) is 12.8 Å². The fourth-order valence-electron chi connectivity index (χ4n) is 2.60. The van der Waals surface area contributed by atoms with Gasteiger partial charge in [-0.15, -0.1) is 12.4 Å². The Hall–Kier alpha value is -1.59. The van der Waals surface area contributed by atoms with Gasteiger partial charge >= 0.3 is 0 Å². The summed E-state index contributed by atoms with van der Waals surface area (Å²) in [6.45, 7) is 10.4. The zero-order valence-corrected chi connectivity index (χ0v) is 16.8. The second-order valence-electron chi connectivity index (χ2n) is 6.82. The maximum atomic E-state index is 12.5. The van der Waals surface area contributed by atoms with Gasteiger partial charge in [0.25, 0.3) is 5.91 Å². The van der Waals surface area contributed by atoms with Crippen LogP contribution in [0.15, 0.2) is 18.2 Å². The Labute approximate surface area is 157 Å². The van der Waals surface area contributed by atoms with Gasteiger partial charge in [-0.2, -0.15) is 0 Å². The number of benzene rings is 1. The van der Waals surface area contributed by atoms with Crippen LogP contribution in [0.1, 0.15) is 62.9 Å². The standard InChI is InChI=1S/C19H31N3O2.ClH/c1-6-19(7-2,12-20)22-18(24)15-8-9-16(14(5)11-15)21-17(23)10-13(3)4;/h8-9,11,13H,6-7,10,12,20H2,1-5H3,(H,21,23)(H,22,24);1H. The van der Waals surface area contributed by atoms with E-state index >= 15 is 0 Å². The van der Waals surface area contributed by atoms with E-state index in [0.717, 1.165) is 24.1 Å². The molecule has 0 saturated carbocycles. The summed E-state index contributed by atoms with van der Waals surface area (Å²) in [5, 5.41) is 5.96. The number of amides is 2. The molecule has 0 heterocycles. The molecule has 25 heavy (non-hydrogen) atoms. The van der Waals surface area contributed by atoms with Crippen LogP contribution >= 0.6 is 12.4 Å². The zero-order chi connectivity index (χ0) is 18.3. The van der Waals surface area contributed by atoms with Crippen molar-refractivity contribution in [2.75, 3.05) is 11.9 Å². The summed E-state index contributed by atoms with van der Waals surface area (Å²) in [7, 11) is 0. The number of halogens is 1. The molecule has 1 aromatic carbocycles. The lowest BCUT2D eigenvalue weighted by Crippen LogP contribution is -2.52. The fraction of sp³-hybridized carbons (Fsp3) is 0.579. The lowest BCUT2D eigenvalue weighted by molar-refractivity contribution is -0.116. The first-order valence-corrected chi connectivity index (χ1v) is 8.70.